The molecule has 2 aromatic carbocycles. The molecule has 2 aromatic rings. The highest BCUT2D eigenvalue weighted by atomic mass is 35.5. The fourth-order valence-electron chi connectivity index (χ4n) is 1.55. The van der Waals surface area contributed by atoms with E-state index in [1.807, 2.05) is 43.3 Å². The van der Waals surface area contributed by atoms with Gasteiger partial charge in [-0.3, -0.25) is 0 Å². The van der Waals surface area contributed by atoms with Gasteiger partial charge in [-0.15, -0.1) is 0 Å². The zero-order valence-electron chi connectivity index (χ0n) is 10.2. The lowest BCUT2D eigenvalue weighted by Gasteiger charge is -2.08. The first kappa shape index (κ1) is 12.8. The van der Waals surface area contributed by atoms with Crippen LogP contribution in [0.25, 0.3) is 0 Å². The summed E-state index contributed by atoms with van der Waals surface area (Å²) in [5.41, 5.74) is 1.19. The van der Waals surface area contributed by atoms with Gasteiger partial charge in [-0.25, -0.2) is 0 Å². The Kier molecular flexibility index (Phi) is 4.48. The average molecular weight is 263 g/mol. The highest BCUT2D eigenvalue weighted by molar-refractivity contribution is 6.30. The molecule has 0 fully saturated rings. The SMILES string of the molecule is Cc1cccc(OCCOc2ccc(Cl)cc2)c1. The molecular weight excluding hydrogens is 248 g/mol. The Bertz CT molecular complexity index is 494. The Morgan fingerprint density at radius 1 is 0.889 bits per heavy atom. The van der Waals surface area contributed by atoms with Gasteiger partial charge < -0.3 is 9.47 Å². The summed E-state index contributed by atoms with van der Waals surface area (Å²) in [6, 6.07) is 15.2. The van der Waals surface area contributed by atoms with E-state index in [0.717, 1.165) is 11.5 Å². The van der Waals surface area contributed by atoms with E-state index in [1.54, 1.807) is 12.1 Å². The maximum Gasteiger partial charge on any atom is 0.122 e. The molecule has 0 aliphatic rings. The molecule has 0 aliphatic carbocycles. The summed E-state index contributed by atoms with van der Waals surface area (Å²) >= 11 is 5.79. The van der Waals surface area contributed by atoms with Gasteiger partial charge in [0.25, 0.3) is 0 Å². The summed E-state index contributed by atoms with van der Waals surface area (Å²) in [7, 11) is 0. The van der Waals surface area contributed by atoms with Gasteiger partial charge in [0, 0.05) is 5.02 Å². The quantitative estimate of drug-likeness (QED) is 0.755. The molecule has 0 aliphatic heterocycles. The van der Waals surface area contributed by atoms with Crippen molar-refractivity contribution < 1.29 is 9.47 Å². The van der Waals surface area contributed by atoms with Crippen LogP contribution in [-0.4, -0.2) is 13.2 Å². The number of benzene rings is 2. The molecule has 94 valence electrons. The predicted molar refractivity (Wildman–Crippen MR) is 73.6 cm³/mol. The molecule has 3 heteroatoms. The summed E-state index contributed by atoms with van der Waals surface area (Å²) < 4.78 is 11.1. The summed E-state index contributed by atoms with van der Waals surface area (Å²) in [5, 5.41) is 0.707. The number of ether oxygens (including phenoxy) is 2. The van der Waals surface area contributed by atoms with Crippen LogP contribution in [0.15, 0.2) is 48.5 Å². The van der Waals surface area contributed by atoms with Crippen LogP contribution in [0.1, 0.15) is 5.56 Å². The first-order chi connectivity index (χ1) is 8.74. The molecule has 0 atom stereocenters. The third-order valence-corrected chi connectivity index (χ3v) is 2.68. The molecule has 0 saturated heterocycles. The van der Waals surface area contributed by atoms with Crippen LogP contribution >= 0.6 is 11.6 Å². The number of hydrogen-bond acceptors (Lipinski definition) is 2. The van der Waals surface area contributed by atoms with Gasteiger partial charge in [-0.05, 0) is 48.9 Å². The van der Waals surface area contributed by atoms with Gasteiger partial charge in [0.15, 0.2) is 0 Å². The Labute approximate surface area is 112 Å². The van der Waals surface area contributed by atoms with Gasteiger partial charge in [-0.1, -0.05) is 23.7 Å². The van der Waals surface area contributed by atoms with E-state index < -0.39 is 0 Å². The van der Waals surface area contributed by atoms with Gasteiger partial charge in [-0.2, -0.15) is 0 Å². The van der Waals surface area contributed by atoms with Crippen molar-refractivity contribution in [1.82, 2.24) is 0 Å². The zero-order chi connectivity index (χ0) is 12.8. The normalized spacial score (nSPS) is 10.1. The number of halogens is 1. The minimum atomic E-state index is 0.509. The maximum atomic E-state index is 5.79. The molecule has 0 unspecified atom stereocenters. The zero-order valence-corrected chi connectivity index (χ0v) is 11.0. The predicted octanol–water partition coefficient (Wildman–Crippen LogP) is 4.11. The average Bonchev–Trinajstić information content (AvgIpc) is 2.37. The van der Waals surface area contributed by atoms with Crippen molar-refractivity contribution >= 4 is 11.6 Å². The monoisotopic (exact) mass is 262 g/mol. The smallest absolute Gasteiger partial charge is 0.122 e. The second-order valence-electron chi connectivity index (χ2n) is 3.97. The number of aryl methyl sites for hydroxylation is 1. The standard InChI is InChI=1S/C15H15ClO2/c1-12-3-2-4-15(11-12)18-10-9-17-14-7-5-13(16)6-8-14/h2-8,11H,9-10H2,1H3. The van der Waals surface area contributed by atoms with Crippen LogP contribution in [0.5, 0.6) is 11.5 Å². The molecular formula is C15H15ClO2. The molecule has 0 N–H and O–H groups in total. The molecule has 0 spiro atoms. The van der Waals surface area contributed by atoms with E-state index in [0.29, 0.717) is 18.2 Å². The topological polar surface area (TPSA) is 18.5 Å². The third kappa shape index (κ3) is 3.97. The summed E-state index contributed by atoms with van der Waals surface area (Å²) in [6.45, 7) is 3.07. The molecule has 2 rings (SSSR count). The van der Waals surface area contributed by atoms with Crippen LogP contribution < -0.4 is 9.47 Å². The van der Waals surface area contributed by atoms with E-state index in [-0.39, 0.29) is 0 Å². The summed E-state index contributed by atoms with van der Waals surface area (Å²) in [6.07, 6.45) is 0. The fourth-order valence-corrected chi connectivity index (χ4v) is 1.68. The summed E-state index contributed by atoms with van der Waals surface area (Å²) in [4.78, 5) is 0. The van der Waals surface area contributed by atoms with Crippen LogP contribution in [-0.2, 0) is 0 Å². The maximum absolute atomic E-state index is 5.79. The molecule has 0 radical (unpaired) electrons. The molecule has 0 aromatic heterocycles. The minimum absolute atomic E-state index is 0.509. The minimum Gasteiger partial charge on any atom is -0.490 e. The van der Waals surface area contributed by atoms with Crippen molar-refractivity contribution in [3.8, 4) is 11.5 Å². The molecule has 0 heterocycles. The van der Waals surface area contributed by atoms with Crippen LogP contribution in [0.3, 0.4) is 0 Å². The van der Waals surface area contributed by atoms with Crippen molar-refractivity contribution in [2.75, 3.05) is 13.2 Å². The number of rotatable bonds is 5. The second kappa shape index (κ2) is 6.31. The van der Waals surface area contributed by atoms with Crippen LogP contribution in [0, 0.1) is 6.92 Å². The van der Waals surface area contributed by atoms with E-state index in [1.165, 1.54) is 5.56 Å². The Morgan fingerprint density at radius 3 is 2.22 bits per heavy atom. The van der Waals surface area contributed by atoms with Crippen molar-refractivity contribution in [2.24, 2.45) is 0 Å². The second-order valence-corrected chi connectivity index (χ2v) is 4.40. The van der Waals surface area contributed by atoms with E-state index in [9.17, 15) is 0 Å². The molecule has 0 bridgehead atoms. The van der Waals surface area contributed by atoms with Gasteiger partial charge in [0.2, 0.25) is 0 Å². The first-order valence-electron chi connectivity index (χ1n) is 5.82. The number of hydrogen-bond donors (Lipinski definition) is 0. The van der Waals surface area contributed by atoms with Crippen molar-refractivity contribution in [2.45, 2.75) is 6.92 Å². The molecule has 0 amide bonds. The van der Waals surface area contributed by atoms with Gasteiger partial charge in [0.05, 0.1) is 0 Å². The van der Waals surface area contributed by atoms with E-state index >= 15 is 0 Å². The first-order valence-corrected chi connectivity index (χ1v) is 6.20. The van der Waals surface area contributed by atoms with Gasteiger partial charge >= 0.3 is 0 Å². The highest BCUT2D eigenvalue weighted by Gasteiger charge is 1.96. The van der Waals surface area contributed by atoms with E-state index in [2.05, 4.69) is 0 Å². The molecule has 18 heavy (non-hydrogen) atoms. The largest absolute Gasteiger partial charge is 0.490 e. The molecule has 2 nitrogen and oxygen atoms in total. The summed E-state index contributed by atoms with van der Waals surface area (Å²) in [5.74, 6) is 1.67. The van der Waals surface area contributed by atoms with Crippen molar-refractivity contribution in [1.29, 1.82) is 0 Å². The molecule has 0 saturated carbocycles. The lowest BCUT2D eigenvalue weighted by Crippen LogP contribution is -2.08. The Balaban J connectivity index is 1.74. The highest BCUT2D eigenvalue weighted by Crippen LogP contribution is 2.16. The Morgan fingerprint density at radius 2 is 1.56 bits per heavy atom. The van der Waals surface area contributed by atoms with Gasteiger partial charge in [0.1, 0.15) is 24.7 Å². The Hall–Kier alpha value is -1.67. The third-order valence-electron chi connectivity index (χ3n) is 2.42. The lowest BCUT2D eigenvalue weighted by molar-refractivity contribution is 0.217. The van der Waals surface area contributed by atoms with E-state index in [4.69, 9.17) is 21.1 Å². The van der Waals surface area contributed by atoms with Crippen molar-refractivity contribution in [3.05, 3.63) is 59.1 Å². The van der Waals surface area contributed by atoms with Crippen LogP contribution in [0.4, 0.5) is 0 Å². The fraction of sp³-hybridized carbons (Fsp3) is 0.200. The lowest BCUT2D eigenvalue weighted by atomic mass is 10.2. The van der Waals surface area contributed by atoms with Crippen molar-refractivity contribution in [3.63, 3.8) is 0 Å². The van der Waals surface area contributed by atoms with Crippen LogP contribution in [0.2, 0.25) is 5.02 Å².